The van der Waals surface area contributed by atoms with E-state index in [0.717, 1.165) is 10.0 Å². The van der Waals surface area contributed by atoms with E-state index in [1.54, 1.807) is 7.11 Å². The Labute approximate surface area is 133 Å². The van der Waals surface area contributed by atoms with Gasteiger partial charge >= 0.3 is 0 Å². The van der Waals surface area contributed by atoms with Crippen LogP contribution in [0.2, 0.25) is 0 Å². The summed E-state index contributed by atoms with van der Waals surface area (Å²) in [5.41, 5.74) is 6.68. The van der Waals surface area contributed by atoms with E-state index in [2.05, 4.69) is 36.0 Å². The van der Waals surface area contributed by atoms with Crippen molar-refractivity contribution in [2.45, 2.75) is 5.16 Å². The number of ether oxygens (including phenoxy) is 1. The van der Waals surface area contributed by atoms with E-state index >= 15 is 0 Å². The number of thioether (sulfide) groups is 1. The summed E-state index contributed by atoms with van der Waals surface area (Å²) >= 11 is 4.81. The molecule has 0 bridgehead atoms. The average Bonchev–Trinajstić information content (AvgIpc) is 2.92. The fourth-order valence-electron chi connectivity index (χ4n) is 1.80. The lowest BCUT2D eigenvalue weighted by atomic mass is 10.2. The van der Waals surface area contributed by atoms with Crippen molar-refractivity contribution in [3.05, 3.63) is 22.7 Å². The molecule has 7 nitrogen and oxygen atoms in total. The maximum atomic E-state index is 5.87. The van der Waals surface area contributed by atoms with Gasteiger partial charge in [0.2, 0.25) is 5.95 Å². The van der Waals surface area contributed by atoms with Gasteiger partial charge in [-0.05, 0) is 40.4 Å². The minimum absolute atomic E-state index is 0.257. The molecule has 2 heterocycles. The molecule has 0 saturated heterocycles. The van der Waals surface area contributed by atoms with Crippen molar-refractivity contribution in [3.8, 4) is 17.1 Å². The van der Waals surface area contributed by atoms with Crippen LogP contribution in [0.15, 0.2) is 27.8 Å². The fourth-order valence-corrected chi connectivity index (χ4v) is 2.56. The third-order valence-electron chi connectivity index (χ3n) is 2.80. The number of aromatic nitrogens is 5. The first-order valence-corrected chi connectivity index (χ1v) is 7.92. The molecule has 1 aromatic carbocycles. The molecule has 0 amide bonds. The molecule has 0 saturated carbocycles. The van der Waals surface area contributed by atoms with E-state index in [0.29, 0.717) is 22.5 Å². The van der Waals surface area contributed by atoms with Crippen LogP contribution in [-0.2, 0) is 0 Å². The molecule has 0 radical (unpaired) electrons. The number of benzene rings is 1. The molecule has 0 atom stereocenters. The van der Waals surface area contributed by atoms with Gasteiger partial charge in [0.1, 0.15) is 5.75 Å². The lowest BCUT2D eigenvalue weighted by Crippen LogP contribution is -2.04. The topological polar surface area (TPSA) is 91.2 Å². The molecule has 0 fully saturated rings. The van der Waals surface area contributed by atoms with Crippen LogP contribution in [0.3, 0.4) is 0 Å². The number of nitrogens with two attached hydrogens (primary N) is 1. The maximum absolute atomic E-state index is 5.87. The molecule has 108 valence electrons. The second-order valence-electron chi connectivity index (χ2n) is 4.07. The standard InChI is InChI=1S/C12H11BrN6OS/c1-20-8-5-6(3-4-7(8)13)9-15-11-17-12(21-2)16-10(14)19(11)18-9/h3-5H,1-2H3,(H2,14,15,16,17,18). The third-order valence-corrected chi connectivity index (χ3v) is 4.01. The van der Waals surface area contributed by atoms with Gasteiger partial charge in [0.25, 0.3) is 5.78 Å². The third kappa shape index (κ3) is 2.54. The van der Waals surface area contributed by atoms with E-state index in [9.17, 15) is 0 Å². The van der Waals surface area contributed by atoms with Crippen LogP contribution < -0.4 is 10.5 Å². The van der Waals surface area contributed by atoms with Crippen LogP contribution >= 0.6 is 27.7 Å². The van der Waals surface area contributed by atoms with E-state index < -0.39 is 0 Å². The average molecular weight is 367 g/mol. The summed E-state index contributed by atoms with van der Waals surface area (Å²) in [4.78, 5) is 12.8. The van der Waals surface area contributed by atoms with Gasteiger partial charge in [-0.3, -0.25) is 0 Å². The number of halogens is 1. The van der Waals surface area contributed by atoms with Crippen molar-refractivity contribution in [1.82, 2.24) is 24.6 Å². The van der Waals surface area contributed by atoms with Crippen LogP contribution in [0.25, 0.3) is 17.2 Å². The van der Waals surface area contributed by atoms with E-state index in [4.69, 9.17) is 10.5 Å². The lowest BCUT2D eigenvalue weighted by Gasteiger charge is -2.03. The van der Waals surface area contributed by atoms with Crippen molar-refractivity contribution < 1.29 is 4.74 Å². The summed E-state index contributed by atoms with van der Waals surface area (Å²) in [6, 6.07) is 5.61. The van der Waals surface area contributed by atoms with Crippen LogP contribution in [0.5, 0.6) is 5.75 Å². The van der Waals surface area contributed by atoms with Crippen molar-refractivity contribution in [1.29, 1.82) is 0 Å². The van der Waals surface area contributed by atoms with Gasteiger partial charge in [0, 0.05) is 5.56 Å². The number of nitrogen functional groups attached to an aromatic ring is 1. The lowest BCUT2D eigenvalue weighted by molar-refractivity contribution is 0.412. The minimum Gasteiger partial charge on any atom is -0.496 e. The highest BCUT2D eigenvalue weighted by Crippen LogP contribution is 2.29. The number of nitrogens with zero attached hydrogens (tertiary/aromatic N) is 5. The number of methoxy groups -OCH3 is 1. The van der Waals surface area contributed by atoms with E-state index in [-0.39, 0.29) is 5.95 Å². The van der Waals surface area contributed by atoms with Gasteiger partial charge < -0.3 is 10.5 Å². The first kappa shape index (κ1) is 14.1. The summed E-state index contributed by atoms with van der Waals surface area (Å²) in [6.45, 7) is 0. The molecule has 3 aromatic rings. The zero-order valence-electron chi connectivity index (χ0n) is 11.2. The largest absolute Gasteiger partial charge is 0.496 e. The normalized spacial score (nSPS) is 11.0. The first-order chi connectivity index (χ1) is 10.1. The highest BCUT2D eigenvalue weighted by atomic mass is 79.9. The van der Waals surface area contributed by atoms with Gasteiger partial charge in [-0.2, -0.15) is 19.5 Å². The summed E-state index contributed by atoms with van der Waals surface area (Å²) < 4.78 is 7.56. The molecule has 2 aromatic heterocycles. The van der Waals surface area contributed by atoms with Crippen LogP contribution in [0.4, 0.5) is 5.95 Å². The van der Waals surface area contributed by atoms with Crippen molar-refractivity contribution in [2.75, 3.05) is 19.1 Å². The minimum atomic E-state index is 0.257. The zero-order valence-corrected chi connectivity index (χ0v) is 13.6. The summed E-state index contributed by atoms with van der Waals surface area (Å²) in [6.07, 6.45) is 1.88. The Bertz CT molecular complexity index is 821. The molecule has 3 rings (SSSR count). The van der Waals surface area contributed by atoms with Crippen LogP contribution in [-0.4, -0.2) is 37.9 Å². The predicted octanol–water partition coefficient (Wildman–Crippen LogP) is 2.26. The van der Waals surface area contributed by atoms with E-state index in [1.807, 2.05) is 24.5 Å². The number of fused-ring (bicyclic) bond motifs is 1. The Morgan fingerprint density at radius 2 is 2.10 bits per heavy atom. The summed E-state index contributed by atoms with van der Waals surface area (Å²) in [7, 11) is 1.61. The molecule has 2 N–H and O–H groups in total. The van der Waals surface area contributed by atoms with Crippen LogP contribution in [0, 0.1) is 0 Å². The second kappa shape index (κ2) is 5.49. The highest BCUT2D eigenvalue weighted by molar-refractivity contribution is 9.10. The van der Waals surface area contributed by atoms with E-state index in [1.165, 1.54) is 16.3 Å². The fraction of sp³-hybridized carbons (Fsp3) is 0.167. The molecule has 0 aliphatic heterocycles. The van der Waals surface area contributed by atoms with Gasteiger partial charge in [-0.25, -0.2) is 0 Å². The molecule has 0 aliphatic carbocycles. The summed E-state index contributed by atoms with van der Waals surface area (Å²) in [5, 5.41) is 4.90. The number of hydrogen-bond donors (Lipinski definition) is 1. The monoisotopic (exact) mass is 366 g/mol. The van der Waals surface area contributed by atoms with Crippen LogP contribution in [0.1, 0.15) is 0 Å². The molecular weight excluding hydrogens is 356 g/mol. The second-order valence-corrected chi connectivity index (χ2v) is 5.69. The molecule has 0 unspecified atom stereocenters. The van der Waals surface area contributed by atoms with Gasteiger partial charge in [-0.15, -0.1) is 5.10 Å². The van der Waals surface area contributed by atoms with Gasteiger partial charge in [-0.1, -0.05) is 11.8 Å². The summed E-state index contributed by atoms with van der Waals surface area (Å²) in [5.74, 6) is 1.89. The molecule has 0 spiro atoms. The molecule has 21 heavy (non-hydrogen) atoms. The SMILES string of the molecule is COc1cc(-c2nc3nc(SC)nc(N)n3n2)ccc1Br. The predicted molar refractivity (Wildman–Crippen MR) is 84.5 cm³/mol. The Hall–Kier alpha value is -1.87. The van der Waals surface area contributed by atoms with Crippen molar-refractivity contribution in [3.63, 3.8) is 0 Å². The van der Waals surface area contributed by atoms with Gasteiger partial charge in [0.05, 0.1) is 11.6 Å². The number of rotatable bonds is 3. The molecule has 9 heteroatoms. The Morgan fingerprint density at radius 3 is 2.81 bits per heavy atom. The quantitative estimate of drug-likeness (QED) is 0.710. The Balaban J connectivity index is 2.15. The Kier molecular flexibility index (Phi) is 3.68. The number of anilines is 1. The van der Waals surface area contributed by atoms with Gasteiger partial charge in [0.15, 0.2) is 11.0 Å². The highest BCUT2D eigenvalue weighted by Gasteiger charge is 2.13. The molecular formula is C12H11BrN6OS. The molecule has 0 aliphatic rings. The first-order valence-electron chi connectivity index (χ1n) is 5.90. The zero-order chi connectivity index (χ0) is 15.0. The van der Waals surface area contributed by atoms with Crippen molar-refractivity contribution in [2.24, 2.45) is 0 Å². The Morgan fingerprint density at radius 1 is 1.29 bits per heavy atom. The number of hydrogen-bond acceptors (Lipinski definition) is 7. The van der Waals surface area contributed by atoms with Crippen molar-refractivity contribution >= 4 is 39.4 Å². The maximum Gasteiger partial charge on any atom is 0.258 e. The smallest absolute Gasteiger partial charge is 0.258 e.